The van der Waals surface area contributed by atoms with Crippen LogP contribution in [-0.2, 0) is 9.59 Å². The molecule has 3 rings (SSSR count). The van der Waals surface area contributed by atoms with Gasteiger partial charge in [0.2, 0.25) is 0 Å². The molecule has 2 N–H and O–H groups in total. The van der Waals surface area contributed by atoms with Crippen LogP contribution in [0.4, 0.5) is 11.4 Å². The number of amides is 2. The number of nitrogens with zero attached hydrogens (tertiary/aromatic N) is 3. The molecule has 0 aliphatic carbocycles. The lowest BCUT2D eigenvalue weighted by atomic mass is 10.0. The van der Waals surface area contributed by atoms with Crippen LogP contribution in [0.2, 0.25) is 0 Å². The van der Waals surface area contributed by atoms with Gasteiger partial charge in [0.25, 0.3) is 0 Å². The van der Waals surface area contributed by atoms with E-state index in [-0.39, 0.29) is 6.04 Å². The van der Waals surface area contributed by atoms with Crippen LogP contribution < -0.4 is 15.5 Å². The van der Waals surface area contributed by atoms with E-state index in [1.807, 2.05) is 47.0 Å². The summed E-state index contributed by atoms with van der Waals surface area (Å²) < 4.78 is 0. The molecule has 0 aromatic heterocycles. The van der Waals surface area contributed by atoms with Gasteiger partial charge in [0.15, 0.2) is 0 Å². The molecule has 2 amide bonds. The molecule has 178 valence electrons. The maximum Gasteiger partial charge on any atom is 0.313 e. The van der Waals surface area contributed by atoms with E-state index >= 15 is 0 Å². The second-order valence-electron chi connectivity index (χ2n) is 9.28. The molecule has 2 aromatic rings. The summed E-state index contributed by atoms with van der Waals surface area (Å²) in [5, 5.41) is 5.68. The van der Waals surface area contributed by atoms with E-state index in [9.17, 15) is 9.59 Å². The van der Waals surface area contributed by atoms with Crippen molar-refractivity contribution in [3.05, 3.63) is 58.7 Å². The van der Waals surface area contributed by atoms with Crippen molar-refractivity contribution >= 4 is 23.2 Å². The van der Waals surface area contributed by atoms with E-state index in [1.165, 1.54) is 0 Å². The van der Waals surface area contributed by atoms with Gasteiger partial charge >= 0.3 is 11.8 Å². The number of hydrogen-bond donors (Lipinski definition) is 2. The Bertz CT molecular complexity index is 956. The van der Waals surface area contributed by atoms with Gasteiger partial charge in [0, 0.05) is 58.2 Å². The van der Waals surface area contributed by atoms with Gasteiger partial charge in [0.1, 0.15) is 0 Å². The summed E-state index contributed by atoms with van der Waals surface area (Å²) in [4.78, 5) is 32.1. The summed E-state index contributed by atoms with van der Waals surface area (Å²) in [7, 11) is 6.16. The van der Waals surface area contributed by atoms with Gasteiger partial charge in [-0.1, -0.05) is 29.8 Å². The van der Waals surface area contributed by atoms with Crippen LogP contribution >= 0.6 is 0 Å². The van der Waals surface area contributed by atoms with Gasteiger partial charge in [-0.2, -0.15) is 0 Å². The van der Waals surface area contributed by atoms with E-state index in [2.05, 4.69) is 56.6 Å². The Morgan fingerprint density at radius 2 is 1.52 bits per heavy atom. The second kappa shape index (κ2) is 10.8. The highest BCUT2D eigenvalue weighted by atomic mass is 16.2. The topological polar surface area (TPSA) is 67.9 Å². The van der Waals surface area contributed by atoms with E-state index in [0.717, 1.165) is 54.1 Å². The predicted octanol–water partition coefficient (Wildman–Crippen LogP) is 2.72. The zero-order valence-corrected chi connectivity index (χ0v) is 20.7. The highest BCUT2D eigenvalue weighted by Crippen LogP contribution is 2.24. The zero-order chi connectivity index (χ0) is 24.1. The Balaban J connectivity index is 1.70. The van der Waals surface area contributed by atoms with E-state index < -0.39 is 11.8 Å². The van der Waals surface area contributed by atoms with Gasteiger partial charge in [-0.25, -0.2) is 0 Å². The van der Waals surface area contributed by atoms with Crippen LogP contribution in [-0.4, -0.2) is 75.5 Å². The number of carbonyl (C=O) groups is 2. The molecule has 7 nitrogen and oxygen atoms in total. The first-order valence-corrected chi connectivity index (χ1v) is 11.5. The molecular weight excluding hydrogens is 414 g/mol. The van der Waals surface area contributed by atoms with Crippen molar-refractivity contribution in [2.24, 2.45) is 0 Å². The third-order valence-corrected chi connectivity index (χ3v) is 6.35. The number of hydrogen-bond acceptors (Lipinski definition) is 5. The molecule has 1 aliphatic rings. The fraction of sp³-hybridized carbons (Fsp3) is 0.462. The molecule has 1 aliphatic heterocycles. The molecule has 1 heterocycles. The number of rotatable bonds is 6. The van der Waals surface area contributed by atoms with E-state index in [4.69, 9.17) is 0 Å². The van der Waals surface area contributed by atoms with Crippen molar-refractivity contribution in [1.82, 2.24) is 15.1 Å². The lowest BCUT2D eigenvalue weighted by molar-refractivity contribution is -0.136. The molecule has 1 atom stereocenters. The largest absolute Gasteiger partial charge is 0.378 e. The summed E-state index contributed by atoms with van der Waals surface area (Å²) in [6, 6.07) is 12.4. The minimum Gasteiger partial charge on any atom is -0.378 e. The van der Waals surface area contributed by atoms with Crippen LogP contribution in [0.1, 0.15) is 28.3 Å². The van der Waals surface area contributed by atoms with Crippen LogP contribution in [0.5, 0.6) is 0 Å². The summed E-state index contributed by atoms with van der Waals surface area (Å²) in [5.41, 5.74) is 5.99. The van der Waals surface area contributed by atoms with Crippen LogP contribution in [0.25, 0.3) is 0 Å². The SMILES string of the molecule is Cc1cc(C)c(NC(=O)C(=O)NCC(c2ccc(N(C)C)cc2)N2CCN(C)CC2)c(C)c1. The van der Waals surface area contributed by atoms with Crippen molar-refractivity contribution in [3.8, 4) is 0 Å². The summed E-state index contributed by atoms with van der Waals surface area (Å²) in [5.74, 6) is -1.25. The fourth-order valence-corrected chi connectivity index (χ4v) is 4.40. The molecule has 0 radical (unpaired) electrons. The van der Waals surface area contributed by atoms with Crippen molar-refractivity contribution in [2.75, 3.05) is 64.1 Å². The molecule has 0 bridgehead atoms. The first-order chi connectivity index (χ1) is 15.7. The Labute approximate surface area is 197 Å². The van der Waals surface area contributed by atoms with Crippen molar-refractivity contribution < 1.29 is 9.59 Å². The highest BCUT2D eigenvalue weighted by molar-refractivity contribution is 6.39. The summed E-state index contributed by atoms with van der Waals surface area (Å²) in [6.07, 6.45) is 0. The molecule has 1 fully saturated rings. The first-order valence-electron chi connectivity index (χ1n) is 11.5. The lowest BCUT2D eigenvalue weighted by Crippen LogP contribution is -2.49. The second-order valence-corrected chi connectivity index (χ2v) is 9.28. The number of likely N-dealkylation sites (N-methyl/N-ethyl adjacent to an activating group) is 1. The molecule has 7 heteroatoms. The van der Waals surface area contributed by atoms with Crippen molar-refractivity contribution in [1.29, 1.82) is 0 Å². The monoisotopic (exact) mass is 451 g/mol. The molecule has 1 unspecified atom stereocenters. The average Bonchev–Trinajstić information content (AvgIpc) is 2.77. The Kier molecular flexibility index (Phi) is 8.10. The summed E-state index contributed by atoms with van der Waals surface area (Å²) in [6.45, 7) is 10.1. The van der Waals surface area contributed by atoms with Crippen LogP contribution in [0.15, 0.2) is 36.4 Å². The van der Waals surface area contributed by atoms with Crippen LogP contribution in [0.3, 0.4) is 0 Å². The third kappa shape index (κ3) is 6.33. The smallest absolute Gasteiger partial charge is 0.313 e. The Morgan fingerprint density at radius 3 is 2.06 bits per heavy atom. The minimum absolute atomic E-state index is 0.00880. The third-order valence-electron chi connectivity index (χ3n) is 6.35. The molecule has 0 spiro atoms. The number of benzene rings is 2. The molecule has 0 saturated carbocycles. The van der Waals surface area contributed by atoms with Crippen LogP contribution in [0, 0.1) is 20.8 Å². The average molecular weight is 452 g/mol. The minimum atomic E-state index is -0.634. The molecule has 33 heavy (non-hydrogen) atoms. The standard InChI is InChI=1S/C26H37N5O2/c1-18-15-19(2)24(20(3)16-18)28-26(33)25(32)27-17-23(31-13-11-30(6)12-14-31)21-7-9-22(10-8-21)29(4)5/h7-10,15-16,23H,11-14,17H2,1-6H3,(H,27,32)(H,28,33). The zero-order valence-electron chi connectivity index (χ0n) is 20.7. The number of nitrogens with one attached hydrogen (secondary N) is 2. The first kappa shape index (κ1) is 24.7. The maximum atomic E-state index is 12.7. The Morgan fingerprint density at radius 1 is 0.939 bits per heavy atom. The maximum absolute atomic E-state index is 12.7. The summed E-state index contributed by atoms with van der Waals surface area (Å²) >= 11 is 0. The van der Waals surface area contributed by atoms with E-state index in [1.54, 1.807) is 0 Å². The normalized spacial score (nSPS) is 15.7. The van der Waals surface area contributed by atoms with E-state index in [0.29, 0.717) is 12.2 Å². The lowest BCUT2D eigenvalue weighted by Gasteiger charge is -2.38. The quantitative estimate of drug-likeness (QED) is 0.661. The molecule has 1 saturated heterocycles. The predicted molar refractivity (Wildman–Crippen MR) is 135 cm³/mol. The van der Waals surface area contributed by atoms with Gasteiger partial charge in [-0.05, 0) is 56.6 Å². The number of carbonyl (C=O) groups excluding carboxylic acids is 2. The van der Waals surface area contributed by atoms with Crippen molar-refractivity contribution in [3.63, 3.8) is 0 Å². The number of piperazine rings is 1. The van der Waals surface area contributed by atoms with Crippen molar-refractivity contribution in [2.45, 2.75) is 26.8 Å². The Hall–Kier alpha value is -2.90. The molecular formula is C26H37N5O2. The number of anilines is 2. The highest BCUT2D eigenvalue weighted by Gasteiger charge is 2.26. The van der Waals surface area contributed by atoms with Gasteiger partial charge in [0.05, 0.1) is 6.04 Å². The number of aryl methyl sites for hydroxylation is 3. The van der Waals surface area contributed by atoms with Gasteiger partial charge < -0.3 is 20.4 Å². The fourth-order valence-electron chi connectivity index (χ4n) is 4.40. The van der Waals surface area contributed by atoms with Gasteiger partial charge in [-0.3, -0.25) is 14.5 Å². The van der Waals surface area contributed by atoms with Gasteiger partial charge in [-0.15, -0.1) is 0 Å². The molecule has 2 aromatic carbocycles.